The van der Waals surface area contributed by atoms with Crippen molar-refractivity contribution in [3.63, 3.8) is 0 Å². The molecular formula is C28H47NO6S. The Bertz CT molecular complexity index is 967. The van der Waals surface area contributed by atoms with Crippen molar-refractivity contribution in [2.24, 2.45) is 40.4 Å². The molecule has 5 aliphatic rings. The summed E-state index contributed by atoms with van der Waals surface area (Å²) in [5.41, 5.74) is -0.0358. The van der Waals surface area contributed by atoms with Gasteiger partial charge in [-0.15, -0.1) is 0 Å². The van der Waals surface area contributed by atoms with Crippen molar-refractivity contribution >= 4 is 15.9 Å². The fourth-order valence-corrected chi connectivity index (χ4v) is 10.1. The summed E-state index contributed by atoms with van der Waals surface area (Å²) in [5, 5.41) is 11.3. The van der Waals surface area contributed by atoms with Gasteiger partial charge in [-0.3, -0.25) is 13.9 Å². The van der Waals surface area contributed by atoms with Gasteiger partial charge in [-0.1, -0.05) is 13.8 Å². The highest BCUT2D eigenvalue weighted by Gasteiger charge is 2.62. The number of morpholine rings is 1. The molecule has 0 amide bonds. The highest BCUT2D eigenvalue weighted by Crippen LogP contribution is 2.67. The zero-order valence-electron chi connectivity index (χ0n) is 22.9. The predicted molar refractivity (Wildman–Crippen MR) is 138 cm³/mol. The van der Waals surface area contributed by atoms with Gasteiger partial charge in [0.1, 0.15) is 6.61 Å². The molecule has 8 heteroatoms. The maximum absolute atomic E-state index is 13.1. The van der Waals surface area contributed by atoms with E-state index in [2.05, 4.69) is 32.6 Å². The van der Waals surface area contributed by atoms with Gasteiger partial charge in [0.2, 0.25) is 0 Å². The van der Waals surface area contributed by atoms with Crippen LogP contribution >= 0.6 is 0 Å². The fraction of sp³-hybridized carbons (Fsp3) is 0.964. The fourth-order valence-electron chi connectivity index (χ4n) is 9.78. The average molecular weight is 526 g/mol. The number of nitrogens with zero attached hydrogens (tertiary/aromatic N) is 1. The molecule has 0 radical (unpaired) electrons. The van der Waals surface area contributed by atoms with E-state index in [0.717, 1.165) is 64.5 Å². The van der Waals surface area contributed by atoms with Crippen LogP contribution in [-0.2, 0) is 23.8 Å². The summed E-state index contributed by atoms with van der Waals surface area (Å²) in [5.74, 6) is 2.15. The van der Waals surface area contributed by atoms with E-state index in [1.807, 2.05) is 0 Å². The number of hydrogen-bond donors (Lipinski definition) is 1. The highest BCUT2D eigenvalue weighted by atomic mass is 32.2. The van der Waals surface area contributed by atoms with Crippen molar-refractivity contribution in [3.05, 3.63) is 0 Å². The largest absolute Gasteiger partial charge is 0.391 e. The first kappa shape index (κ1) is 27.0. The van der Waals surface area contributed by atoms with Crippen LogP contribution in [0.15, 0.2) is 0 Å². The molecule has 7 nitrogen and oxygen atoms in total. The van der Waals surface area contributed by atoms with Crippen LogP contribution in [0.4, 0.5) is 0 Å². The average Bonchev–Trinajstić information content (AvgIpc) is 3.13. The van der Waals surface area contributed by atoms with Crippen molar-refractivity contribution in [1.82, 2.24) is 4.90 Å². The molecule has 0 spiro atoms. The van der Waals surface area contributed by atoms with Crippen LogP contribution in [0.1, 0.15) is 79.1 Å². The number of Topliss-reactive ketones (excluding diaryl/α,β-unsaturated/α-hetero) is 1. The molecular weight excluding hydrogens is 478 g/mol. The molecule has 1 aliphatic heterocycles. The molecule has 9 atom stereocenters. The van der Waals surface area contributed by atoms with Crippen LogP contribution in [0.2, 0.25) is 0 Å². The molecule has 4 aliphatic carbocycles. The van der Waals surface area contributed by atoms with Gasteiger partial charge in [-0.05, 0) is 99.7 Å². The predicted octanol–water partition coefficient (Wildman–Crippen LogP) is 3.64. The topological polar surface area (TPSA) is 93.1 Å². The summed E-state index contributed by atoms with van der Waals surface area (Å²) in [6.07, 6.45) is 9.08. The number of ether oxygens (including phenoxy) is 1. The van der Waals surface area contributed by atoms with Crippen LogP contribution in [0.5, 0.6) is 0 Å². The number of fused-ring (bicyclic) bond motifs is 5. The van der Waals surface area contributed by atoms with E-state index in [-0.39, 0.29) is 46.9 Å². The number of ketones is 1. The van der Waals surface area contributed by atoms with Crippen molar-refractivity contribution in [1.29, 1.82) is 0 Å². The molecule has 0 bridgehead atoms. The van der Waals surface area contributed by atoms with E-state index in [9.17, 15) is 18.3 Å². The number of carbonyl (C=O) groups is 1. The molecule has 0 aromatic rings. The zero-order chi connectivity index (χ0) is 26.1. The monoisotopic (exact) mass is 525 g/mol. The van der Waals surface area contributed by atoms with E-state index in [4.69, 9.17) is 8.92 Å². The Balaban J connectivity index is 1.33. The van der Waals surface area contributed by atoms with Gasteiger partial charge in [0.25, 0.3) is 10.1 Å². The van der Waals surface area contributed by atoms with Crippen LogP contribution in [0, 0.1) is 40.4 Å². The second kappa shape index (κ2) is 9.29. The van der Waals surface area contributed by atoms with Gasteiger partial charge in [0.15, 0.2) is 5.78 Å². The van der Waals surface area contributed by atoms with Crippen molar-refractivity contribution in [2.75, 3.05) is 32.6 Å². The lowest BCUT2D eigenvalue weighted by Gasteiger charge is -2.63. The Kier molecular flexibility index (Phi) is 6.97. The first-order valence-corrected chi connectivity index (χ1v) is 16.0. The van der Waals surface area contributed by atoms with Crippen molar-refractivity contribution in [2.45, 2.75) is 96.8 Å². The maximum Gasteiger partial charge on any atom is 0.264 e. The lowest BCUT2D eigenvalue weighted by atomic mass is 9.44. The minimum absolute atomic E-state index is 0.0421. The quantitative estimate of drug-likeness (QED) is 0.548. The van der Waals surface area contributed by atoms with Gasteiger partial charge in [0.05, 0.1) is 24.6 Å². The Morgan fingerprint density at radius 2 is 1.78 bits per heavy atom. The van der Waals surface area contributed by atoms with E-state index < -0.39 is 10.1 Å². The minimum Gasteiger partial charge on any atom is -0.391 e. The summed E-state index contributed by atoms with van der Waals surface area (Å²) < 4.78 is 33.8. The van der Waals surface area contributed by atoms with Crippen molar-refractivity contribution < 1.29 is 27.2 Å². The van der Waals surface area contributed by atoms with Gasteiger partial charge < -0.3 is 9.84 Å². The Morgan fingerprint density at radius 3 is 2.47 bits per heavy atom. The number of carbonyl (C=O) groups excluding carboxylic acids is 1. The first-order chi connectivity index (χ1) is 16.7. The third kappa shape index (κ3) is 4.72. The zero-order valence-corrected chi connectivity index (χ0v) is 23.7. The lowest BCUT2D eigenvalue weighted by Crippen LogP contribution is -2.62. The van der Waals surface area contributed by atoms with Gasteiger partial charge in [-0.25, -0.2) is 0 Å². The Labute approximate surface area is 217 Å². The molecule has 1 saturated heterocycles. The Hall–Kier alpha value is -0.540. The second-order valence-electron chi connectivity index (χ2n) is 13.9. The second-order valence-corrected chi connectivity index (χ2v) is 15.6. The van der Waals surface area contributed by atoms with E-state index in [1.54, 1.807) is 0 Å². The molecule has 4 saturated carbocycles. The molecule has 0 aromatic heterocycles. The van der Waals surface area contributed by atoms with Crippen molar-refractivity contribution in [3.8, 4) is 0 Å². The van der Waals surface area contributed by atoms with Crippen LogP contribution in [-0.4, -0.2) is 74.5 Å². The smallest absolute Gasteiger partial charge is 0.264 e. The van der Waals surface area contributed by atoms with E-state index in [0.29, 0.717) is 23.7 Å². The summed E-state index contributed by atoms with van der Waals surface area (Å²) in [6, 6.07) is 0.188. The summed E-state index contributed by atoms with van der Waals surface area (Å²) in [7, 11) is -3.62. The first-order valence-electron chi connectivity index (χ1n) is 14.2. The molecule has 0 aromatic carbocycles. The molecule has 1 N–H and O–H groups in total. The summed E-state index contributed by atoms with van der Waals surface area (Å²) in [4.78, 5) is 15.6. The standard InChI is InChI=1S/C28H47NO6S/c1-26(2)17-29(12-13-34-26)23-15-28(4)18(14-24(23)30)6-7-19-20-8-9-22(25(31)16-35-36(5,32)33)27(20,3)11-10-21(19)28/h18-24,30H,6-17H2,1-5H3/t18?,19-,20-,21-,22+,23?,24?,27-,28-/m0/s1. The third-order valence-corrected chi connectivity index (χ3v) is 12.0. The third-order valence-electron chi connectivity index (χ3n) is 11.4. The Morgan fingerprint density at radius 1 is 1.06 bits per heavy atom. The van der Waals surface area contributed by atoms with Crippen LogP contribution in [0.25, 0.3) is 0 Å². The SMILES string of the molecule is CC1(C)CN(C2C[C@@]3(C)C(CC[C@H]4[C@@H]5CC[C@H](C(=O)COS(C)(=O)=O)[C@@]5(C)CC[C@@H]43)CC2O)CCO1. The number of hydrogen-bond acceptors (Lipinski definition) is 7. The molecule has 5 fully saturated rings. The molecule has 36 heavy (non-hydrogen) atoms. The highest BCUT2D eigenvalue weighted by molar-refractivity contribution is 7.86. The minimum atomic E-state index is -3.62. The number of rotatable bonds is 5. The number of aliphatic hydroxyl groups is 1. The van der Waals surface area contributed by atoms with Crippen LogP contribution < -0.4 is 0 Å². The van der Waals surface area contributed by atoms with E-state index >= 15 is 0 Å². The van der Waals surface area contributed by atoms with Gasteiger partial charge in [0, 0.05) is 25.0 Å². The molecule has 1 heterocycles. The van der Waals surface area contributed by atoms with E-state index in [1.165, 1.54) is 12.8 Å². The molecule has 5 rings (SSSR count). The summed E-state index contributed by atoms with van der Waals surface area (Å²) >= 11 is 0. The van der Waals surface area contributed by atoms with Gasteiger partial charge in [-0.2, -0.15) is 8.42 Å². The van der Waals surface area contributed by atoms with Gasteiger partial charge >= 0.3 is 0 Å². The van der Waals surface area contributed by atoms with Crippen LogP contribution in [0.3, 0.4) is 0 Å². The lowest BCUT2D eigenvalue weighted by molar-refractivity contribution is -0.169. The molecule has 206 valence electrons. The normalized spacial score (nSPS) is 47.0. The maximum atomic E-state index is 13.1. The molecule has 3 unspecified atom stereocenters. The number of aliphatic hydroxyl groups excluding tert-OH is 1. The summed E-state index contributed by atoms with van der Waals surface area (Å²) in [6.45, 7) is 11.3.